The van der Waals surface area contributed by atoms with E-state index < -0.39 is 18.6 Å². The van der Waals surface area contributed by atoms with Gasteiger partial charge in [0.05, 0.1) is 7.11 Å². The Morgan fingerprint density at radius 1 is 1.38 bits per heavy atom. The minimum absolute atomic E-state index is 0.133. The summed E-state index contributed by atoms with van der Waals surface area (Å²) in [5.41, 5.74) is 0.868. The van der Waals surface area contributed by atoms with Crippen molar-refractivity contribution in [3.63, 3.8) is 0 Å². The number of carbonyl (C=O) groups is 2. The Morgan fingerprint density at radius 3 is 2.67 bits per heavy atom. The summed E-state index contributed by atoms with van der Waals surface area (Å²) in [5.74, 6) is -1.74. The van der Waals surface area contributed by atoms with Crippen molar-refractivity contribution in [3.05, 3.63) is 35.4 Å². The van der Waals surface area contributed by atoms with Crippen LogP contribution < -0.4 is 4.74 Å². The molecular weight excluding hydrogens is 286 g/mol. The third kappa shape index (κ3) is 6.03. The van der Waals surface area contributed by atoms with Crippen molar-refractivity contribution in [2.75, 3.05) is 7.11 Å². The summed E-state index contributed by atoms with van der Waals surface area (Å²) < 4.78 is 33.4. The molecule has 0 heterocycles. The molecule has 0 fully saturated rings. The van der Waals surface area contributed by atoms with Crippen LogP contribution in [0.15, 0.2) is 24.3 Å². The van der Waals surface area contributed by atoms with Gasteiger partial charge in [0, 0.05) is 18.1 Å². The van der Waals surface area contributed by atoms with E-state index in [9.17, 15) is 18.4 Å². The van der Waals surface area contributed by atoms with Gasteiger partial charge in [-0.05, 0) is 30.2 Å². The number of aliphatic carboxylic acids is 1. The maximum atomic E-state index is 12.3. The van der Waals surface area contributed by atoms with Crippen LogP contribution in [0.25, 0.3) is 6.08 Å². The fraction of sp³-hybridized carbons (Fsp3) is 0.286. The Balaban J connectivity index is 2.96. The topological polar surface area (TPSA) is 72.8 Å². The first-order valence-corrected chi connectivity index (χ1v) is 5.98. The number of ether oxygens (including phenoxy) is 2. The number of methoxy groups -OCH3 is 1. The van der Waals surface area contributed by atoms with Crippen molar-refractivity contribution in [2.45, 2.75) is 19.5 Å². The molecule has 21 heavy (non-hydrogen) atoms. The van der Waals surface area contributed by atoms with E-state index in [0.717, 1.165) is 12.2 Å². The van der Waals surface area contributed by atoms with Crippen LogP contribution in [0, 0.1) is 0 Å². The minimum Gasteiger partial charge on any atom is -0.478 e. The molecule has 0 radical (unpaired) electrons. The van der Waals surface area contributed by atoms with Crippen LogP contribution in [0.1, 0.15) is 17.5 Å². The largest absolute Gasteiger partial charge is 0.478 e. The molecule has 1 aromatic rings. The maximum Gasteiger partial charge on any atom is 0.387 e. The van der Waals surface area contributed by atoms with Crippen molar-refractivity contribution >= 4 is 18.0 Å². The number of esters is 1. The molecular formula is C14H14F2O5. The lowest BCUT2D eigenvalue weighted by atomic mass is 10.0. The lowest BCUT2D eigenvalue weighted by Crippen LogP contribution is -2.05. The molecule has 0 spiro atoms. The number of aryl methyl sites for hydroxylation is 1. The zero-order valence-electron chi connectivity index (χ0n) is 11.2. The maximum absolute atomic E-state index is 12.3. The third-order valence-corrected chi connectivity index (χ3v) is 2.54. The van der Waals surface area contributed by atoms with E-state index >= 15 is 0 Å². The highest BCUT2D eigenvalue weighted by Crippen LogP contribution is 2.24. The lowest BCUT2D eigenvalue weighted by Gasteiger charge is -2.10. The van der Waals surface area contributed by atoms with Crippen LogP contribution in [0.2, 0.25) is 0 Å². The smallest absolute Gasteiger partial charge is 0.387 e. The summed E-state index contributed by atoms with van der Waals surface area (Å²) in [6, 6.07) is 4.32. The first-order chi connectivity index (χ1) is 9.92. The van der Waals surface area contributed by atoms with Gasteiger partial charge < -0.3 is 14.6 Å². The molecule has 0 aromatic heterocycles. The van der Waals surface area contributed by atoms with E-state index in [0.29, 0.717) is 12.0 Å². The average molecular weight is 300 g/mol. The minimum atomic E-state index is -3.01. The molecule has 0 bridgehead atoms. The Hall–Kier alpha value is -2.44. The Kier molecular flexibility index (Phi) is 6.32. The summed E-state index contributed by atoms with van der Waals surface area (Å²) in [4.78, 5) is 21.6. The molecule has 1 N–H and O–H groups in total. The third-order valence-electron chi connectivity index (χ3n) is 2.54. The average Bonchev–Trinajstić information content (AvgIpc) is 2.43. The quantitative estimate of drug-likeness (QED) is 0.618. The number of alkyl halides is 2. The molecule has 0 unspecified atom stereocenters. The second-order valence-electron chi connectivity index (χ2n) is 4.00. The van der Waals surface area contributed by atoms with E-state index in [2.05, 4.69) is 9.47 Å². The first-order valence-electron chi connectivity index (χ1n) is 5.98. The highest BCUT2D eigenvalue weighted by atomic mass is 19.3. The number of carboxylic acids is 1. The van der Waals surface area contributed by atoms with Crippen LogP contribution >= 0.6 is 0 Å². The van der Waals surface area contributed by atoms with Crippen molar-refractivity contribution in [2.24, 2.45) is 0 Å². The molecule has 0 aliphatic rings. The van der Waals surface area contributed by atoms with E-state index in [-0.39, 0.29) is 17.7 Å². The zero-order valence-corrected chi connectivity index (χ0v) is 11.2. The summed E-state index contributed by atoms with van der Waals surface area (Å²) in [6.45, 7) is -3.01. The summed E-state index contributed by atoms with van der Waals surface area (Å²) >= 11 is 0. The van der Waals surface area contributed by atoms with E-state index in [1.54, 1.807) is 0 Å². The second-order valence-corrected chi connectivity index (χ2v) is 4.00. The van der Waals surface area contributed by atoms with Gasteiger partial charge in [0.25, 0.3) is 0 Å². The lowest BCUT2D eigenvalue weighted by molar-refractivity contribution is -0.140. The number of carboxylic acid groups (broad SMARTS) is 1. The van der Waals surface area contributed by atoms with Crippen LogP contribution in [0.3, 0.4) is 0 Å². The van der Waals surface area contributed by atoms with E-state index in [1.807, 2.05) is 0 Å². The van der Waals surface area contributed by atoms with E-state index in [4.69, 9.17) is 5.11 Å². The zero-order chi connectivity index (χ0) is 15.8. The fourth-order valence-electron chi connectivity index (χ4n) is 1.60. The Bertz CT molecular complexity index is 540. The monoisotopic (exact) mass is 300 g/mol. The molecule has 0 saturated carbocycles. The van der Waals surface area contributed by atoms with Crippen LogP contribution in [0.4, 0.5) is 8.78 Å². The summed E-state index contributed by atoms with van der Waals surface area (Å²) in [6.07, 6.45) is 2.45. The highest BCUT2D eigenvalue weighted by molar-refractivity contribution is 5.86. The molecule has 7 heteroatoms. The number of rotatable bonds is 7. The van der Waals surface area contributed by atoms with Gasteiger partial charge in [0.1, 0.15) is 5.75 Å². The standard InChI is InChI=1S/C14H14F2O5/c1-20-13(19)7-3-9-2-5-11(21-14(15)16)10(8-9)4-6-12(17)18/h2,4-6,8,14H,3,7H2,1H3,(H,17,18)/b6-4+. The van der Waals surface area contributed by atoms with Gasteiger partial charge in [0.15, 0.2) is 0 Å². The second kappa shape index (κ2) is 7.98. The predicted molar refractivity (Wildman–Crippen MR) is 70.1 cm³/mol. The molecule has 5 nitrogen and oxygen atoms in total. The fourth-order valence-corrected chi connectivity index (χ4v) is 1.60. The molecule has 0 aliphatic heterocycles. The summed E-state index contributed by atoms with van der Waals surface area (Å²) in [5, 5.41) is 8.59. The van der Waals surface area contributed by atoms with Crippen LogP contribution in [-0.4, -0.2) is 30.8 Å². The van der Waals surface area contributed by atoms with Gasteiger partial charge >= 0.3 is 18.6 Å². The van der Waals surface area contributed by atoms with Gasteiger partial charge in [-0.2, -0.15) is 8.78 Å². The molecule has 0 amide bonds. The normalized spacial score (nSPS) is 10.9. The van der Waals surface area contributed by atoms with Gasteiger partial charge in [-0.1, -0.05) is 6.07 Å². The van der Waals surface area contributed by atoms with Gasteiger partial charge in [0.2, 0.25) is 0 Å². The highest BCUT2D eigenvalue weighted by Gasteiger charge is 2.10. The number of hydrogen-bond acceptors (Lipinski definition) is 4. The van der Waals surface area contributed by atoms with Crippen molar-refractivity contribution < 1.29 is 33.0 Å². The molecule has 0 saturated heterocycles. The molecule has 1 rings (SSSR count). The SMILES string of the molecule is COC(=O)CCc1ccc(OC(F)F)c(/C=C/C(=O)O)c1. The van der Waals surface area contributed by atoms with Crippen molar-refractivity contribution in [1.29, 1.82) is 0 Å². The van der Waals surface area contributed by atoms with Crippen LogP contribution in [-0.2, 0) is 20.7 Å². The first kappa shape index (κ1) is 16.6. The molecule has 0 atom stereocenters. The number of benzene rings is 1. The van der Waals surface area contributed by atoms with E-state index in [1.165, 1.54) is 25.3 Å². The van der Waals surface area contributed by atoms with Gasteiger partial charge in [-0.15, -0.1) is 0 Å². The summed E-state index contributed by atoms with van der Waals surface area (Å²) in [7, 11) is 1.27. The van der Waals surface area contributed by atoms with Crippen molar-refractivity contribution in [3.8, 4) is 5.75 Å². The Labute approximate surface area is 119 Å². The van der Waals surface area contributed by atoms with Crippen LogP contribution in [0.5, 0.6) is 5.75 Å². The Morgan fingerprint density at radius 2 is 2.10 bits per heavy atom. The number of halogens is 2. The predicted octanol–water partition coefficient (Wildman–Crippen LogP) is 2.49. The molecule has 0 aliphatic carbocycles. The van der Waals surface area contributed by atoms with Crippen molar-refractivity contribution in [1.82, 2.24) is 0 Å². The van der Waals surface area contributed by atoms with Gasteiger partial charge in [-0.3, -0.25) is 4.79 Å². The van der Waals surface area contributed by atoms with Gasteiger partial charge in [-0.25, -0.2) is 4.79 Å². The molecule has 114 valence electrons. The molecule has 1 aromatic carbocycles. The number of carbonyl (C=O) groups excluding carboxylic acids is 1. The number of hydrogen-bond donors (Lipinski definition) is 1.